The van der Waals surface area contributed by atoms with E-state index in [2.05, 4.69) is 15.7 Å². The summed E-state index contributed by atoms with van der Waals surface area (Å²) in [7, 11) is 1.64. The van der Waals surface area contributed by atoms with E-state index in [1.807, 2.05) is 10.9 Å². The van der Waals surface area contributed by atoms with Gasteiger partial charge in [0, 0.05) is 31.5 Å². The second-order valence-corrected chi connectivity index (χ2v) is 6.24. The van der Waals surface area contributed by atoms with Crippen LogP contribution < -0.4 is 16.4 Å². The van der Waals surface area contributed by atoms with Gasteiger partial charge >= 0.3 is 5.76 Å². The molecule has 1 unspecified atom stereocenters. The monoisotopic (exact) mass is 341 g/mol. The Kier molecular flexibility index (Phi) is 3.89. The fourth-order valence-corrected chi connectivity index (χ4v) is 3.13. The van der Waals surface area contributed by atoms with E-state index in [0.717, 1.165) is 25.9 Å². The van der Waals surface area contributed by atoms with E-state index in [1.54, 1.807) is 31.3 Å². The number of oxazole rings is 1. The maximum absolute atomic E-state index is 12.4. The zero-order valence-electron chi connectivity index (χ0n) is 13.9. The standard InChI is InChI=1S/C17H19N5O3/c1-21-14-5-4-11(9-15(14)25-17(21)24)19-16(23)13-6-8-22(20-13)12-3-2-7-18-10-12/h4-6,8-9,12,18H,2-3,7,10H2,1H3,(H,19,23). The first-order chi connectivity index (χ1) is 12.1. The zero-order chi connectivity index (χ0) is 17.4. The number of anilines is 1. The smallest absolute Gasteiger partial charge is 0.408 e. The van der Waals surface area contributed by atoms with Crippen molar-refractivity contribution in [2.45, 2.75) is 18.9 Å². The normalized spacial score (nSPS) is 17.7. The Hall–Kier alpha value is -2.87. The Morgan fingerprint density at radius 2 is 2.28 bits per heavy atom. The summed E-state index contributed by atoms with van der Waals surface area (Å²) in [6.45, 7) is 1.90. The van der Waals surface area contributed by atoms with Crippen LogP contribution >= 0.6 is 0 Å². The number of aromatic nitrogens is 3. The number of benzene rings is 1. The van der Waals surface area contributed by atoms with Crippen molar-refractivity contribution in [2.24, 2.45) is 7.05 Å². The molecule has 1 aliphatic heterocycles. The van der Waals surface area contributed by atoms with Crippen molar-refractivity contribution in [2.75, 3.05) is 18.4 Å². The average molecular weight is 341 g/mol. The number of hydrogen-bond donors (Lipinski definition) is 2. The van der Waals surface area contributed by atoms with Gasteiger partial charge in [-0.2, -0.15) is 5.10 Å². The van der Waals surface area contributed by atoms with Crippen molar-refractivity contribution in [3.05, 3.63) is 46.7 Å². The van der Waals surface area contributed by atoms with Gasteiger partial charge in [0.05, 0.1) is 11.6 Å². The highest BCUT2D eigenvalue weighted by Gasteiger charge is 2.18. The third-order valence-corrected chi connectivity index (χ3v) is 4.54. The van der Waals surface area contributed by atoms with Crippen LogP contribution in [-0.2, 0) is 7.05 Å². The van der Waals surface area contributed by atoms with Crippen LogP contribution in [0.1, 0.15) is 29.4 Å². The maximum Gasteiger partial charge on any atom is 0.419 e. The van der Waals surface area contributed by atoms with Crippen molar-refractivity contribution in [1.82, 2.24) is 19.7 Å². The highest BCUT2D eigenvalue weighted by Crippen LogP contribution is 2.19. The van der Waals surface area contributed by atoms with Gasteiger partial charge < -0.3 is 15.1 Å². The third kappa shape index (κ3) is 2.96. The molecule has 1 amide bonds. The SMILES string of the molecule is Cn1c(=O)oc2cc(NC(=O)c3ccn(C4CCCNC4)n3)ccc21. The molecule has 3 heterocycles. The number of nitrogens with one attached hydrogen (secondary N) is 2. The molecule has 8 heteroatoms. The highest BCUT2D eigenvalue weighted by molar-refractivity contribution is 6.03. The molecule has 1 saturated heterocycles. The van der Waals surface area contributed by atoms with E-state index >= 15 is 0 Å². The molecule has 1 atom stereocenters. The number of hydrogen-bond acceptors (Lipinski definition) is 5. The second-order valence-electron chi connectivity index (χ2n) is 6.24. The minimum Gasteiger partial charge on any atom is -0.408 e. The number of nitrogens with zero attached hydrogens (tertiary/aromatic N) is 3. The molecule has 0 bridgehead atoms. The largest absolute Gasteiger partial charge is 0.419 e. The molecule has 4 rings (SSSR count). The first-order valence-corrected chi connectivity index (χ1v) is 8.28. The summed E-state index contributed by atoms with van der Waals surface area (Å²) < 4.78 is 8.40. The zero-order valence-corrected chi connectivity index (χ0v) is 13.9. The number of rotatable bonds is 3. The molecular weight excluding hydrogens is 322 g/mol. The average Bonchev–Trinajstić information content (AvgIpc) is 3.22. The molecule has 0 aliphatic carbocycles. The minimum atomic E-state index is -0.432. The molecule has 1 aromatic carbocycles. The van der Waals surface area contributed by atoms with Crippen LogP contribution in [-0.4, -0.2) is 33.3 Å². The summed E-state index contributed by atoms with van der Waals surface area (Å²) >= 11 is 0. The van der Waals surface area contributed by atoms with Gasteiger partial charge in [0.1, 0.15) is 0 Å². The Morgan fingerprint density at radius 3 is 3.08 bits per heavy atom. The van der Waals surface area contributed by atoms with Crippen molar-refractivity contribution in [1.29, 1.82) is 0 Å². The van der Waals surface area contributed by atoms with Gasteiger partial charge in [0.2, 0.25) is 0 Å². The minimum absolute atomic E-state index is 0.283. The summed E-state index contributed by atoms with van der Waals surface area (Å²) in [5.41, 5.74) is 2.03. The lowest BCUT2D eigenvalue weighted by Gasteiger charge is -2.22. The van der Waals surface area contributed by atoms with E-state index in [1.165, 1.54) is 4.57 Å². The van der Waals surface area contributed by atoms with Crippen molar-refractivity contribution in [3.8, 4) is 0 Å². The molecule has 2 aromatic heterocycles. The number of fused-ring (bicyclic) bond motifs is 1. The van der Waals surface area contributed by atoms with Gasteiger partial charge in [0.15, 0.2) is 11.3 Å². The number of aryl methyl sites for hydroxylation is 1. The lowest BCUT2D eigenvalue weighted by atomic mass is 10.1. The molecule has 0 saturated carbocycles. The molecule has 1 aliphatic rings. The predicted octanol–water partition coefficient (Wildman–Crippen LogP) is 1.50. The number of carbonyl (C=O) groups is 1. The molecule has 8 nitrogen and oxygen atoms in total. The van der Waals surface area contributed by atoms with Crippen LogP contribution in [0.3, 0.4) is 0 Å². The van der Waals surface area contributed by atoms with Gasteiger partial charge in [-0.25, -0.2) is 4.79 Å². The third-order valence-electron chi connectivity index (χ3n) is 4.54. The second kappa shape index (κ2) is 6.21. The number of piperidine rings is 1. The van der Waals surface area contributed by atoms with Crippen molar-refractivity contribution in [3.63, 3.8) is 0 Å². The van der Waals surface area contributed by atoms with Crippen molar-refractivity contribution >= 4 is 22.7 Å². The molecule has 25 heavy (non-hydrogen) atoms. The summed E-state index contributed by atoms with van der Waals surface area (Å²) in [6.07, 6.45) is 4.00. The summed E-state index contributed by atoms with van der Waals surface area (Å²) in [4.78, 5) is 24.0. The van der Waals surface area contributed by atoms with Crippen LogP contribution in [0.2, 0.25) is 0 Å². The van der Waals surface area contributed by atoms with Gasteiger partial charge in [-0.3, -0.25) is 14.0 Å². The fourth-order valence-electron chi connectivity index (χ4n) is 3.13. The number of carbonyl (C=O) groups excluding carboxylic acids is 1. The van der Waals surface area contributed by atoms with Crippen LogP contribution in [0.15, 0.2) is 39.7 Å². The van der Waals surface area contributed by atoms with Gasteiger partial charge in [-0.15, -0.1) is 0 Å². The van der Waals surface area contributed by atoms with Crippen molar-refractivity contribution < 1.29 is 9.21 Å². The van der Waals surface area contributed by atoms with E-state index < -0.39 is 5.76 Å². The van der Waals surface area contributed by atoms with E-state index in [-0.39, 0.29) is 11.9 Å². The first kappa shape index (κ1) is 15.6. The maximum atomic E-state index is 12.4. The van der Waals surface area contributed by atoms with Crippen LogP contribution in [0.4, 0.5) is 5.69 Å². The van der Waals surface area contributed by atoms with Crippen LogP contribution in [0.5, 0.6) is 0 Å². The summed E-state index contributed by atoms with van der Waals surface area (Å²) in [6, 6.07) is 7.10. The Morgan fingerprint density at radius 1 is 1.40 bits per heavy atom. The van der Waals surface area contributed by atoms with Crippen LogP contribution in [0, 0.1) is 0 Å². The topological polar surface area (TPSA) is 94.1 Å². The predicted molar refractivity (Wildman–Crippen MR) is 92.8 cm³/mol. The first-order valence-electron chi connectivity index (χ1n) is 8.28. The Labute approximate surface area is 143 Å². The van der Waals surface area contributed by atoms with Gasteiger partial charge in [0.25, 0.3) is 5.91 Å². The molecule has 2 N–H and O–H groups in total. The van der Waals surface area contributed by atoms with Gasteiger partial charge in [-0.05, 0) is 37.6 Å². The number of amides is 1. The summed E-state index contributed by atoms with van der Waals surface area (Å²) in [5.74, 6) is -0.724. The Balaban J connectivity index is 1.52. The van der Waals surface area contributed by atoms with Gasteiger partial charge in [-0.1, -0.05) is 0 Å². The molecule has 0 spiro atoms. The molecule has 3 aromatic rings. The van der Waals surface area contributed by atoms with E-state index in [0.29, 0.717) is 22.5 Å². The van der Waals surface area contributed by atoms with E-state index in [9.17, 15) is 9.59 Å². The lowest BCUT2D eigenvalue weighted by Crippen LogP contribution is -2.32. The fraction of sp³-hybridized carbons (Fsp3) is 0.353. The molecule has 1 fully saturated rings. The molecular formula is C17H19N5O3. The van der Waals surface area contributed by atoms with Crippen LogP contribution in [0.25, 0.3) is 11.1 Å². The molecule has 0 radical (unpaired) electrons. The lowest BCUT2D eigenvalue weighted by molar-refractivity contribution is 0.102. The summed E-state index contributed by atoms with van der Waals surface area (Å²) in [5, 5.41) is 10.5. The Bertz CT molecular complexity index is 978. The highest BCUT2D eigenvalue weighted by atomic mass is 16.4. The molecule has 130 valence electrons. The quantitative estimate of drug-likeness (QED) is 0.753. The van der Waals surface area contributed by atoms with E-state index in [4.69, 9.17) is 4.42 Å².